The number of rotatable bonds is 5. The Morgan fingerprint density at radius 3 is 2.81 bits per heavy atom. The topological polar surface area (TPSA) is 87.5 Å². The van der Waals surface area contributed by atoms with Gasteiger partial charge in [0.1, 0.15) is 0 Å². The molecule has 3 N–H and O–H groups in total. The molecule has 0 radical (unpaired) electrons. The van der Waals surface area contributed by atoms with E-state index in [9.17, 15) is 15.0 Å². The molecule has 1 aliphatic carbocycles. The van der Waals surface area contributed by atoms with Gasteiger partial charge in [-0.25, -0.2) is 0 Å². The summed E-state index contributed by atoms with van der Waals surface area (Å²) in [7, 11) is 1.61. The zero-order valence-corrected chi connectivity index (χ0v) is 15.5. The number of carbonyl (C=O) groups excluding carboxylic acids is 1. The van der Waals surface area contributed by atoms with Gasteiger partial charge in [0.05, 0.1) is 17.9 Å². The lowest BCUT2D eigenvalue weighted by molar-refractivity contribution is 0.111. The largest absolute Gasteiger partial charge is 0.494 e. The van der Waals surface area contributed by atoms with E-state index in [4.69, 9.17) is 16.3 Å². The Morgan fingerprint density at radius 2 is 2.11 bits per heavy atom. The second-order valence-electron chi connectivity index (χ2n) is 6.58. The SMILES string of the molecule is COCCn1c(C=O)cc2c1CC(c1ccccc1Cl)c1c(O)[nH]c(O)c1-2. The van der Waals surface area contributed by atoms with Gasteiger partial charge in [0.2, 0.25) is 0 Å². The van der Waals surface area contributed by atoms with Crippen molar-refractivity contribution in [2.45, 2.75) is 18.9 Å². The maximum absolute atomic E-state index is 11.6. The van der Waals surface area contributed by atoms with Gasteiger partial charge in [-0.3, -0.25) is 9.78 Å². The average Bonchev–Trinajstić information content (AvgIpc) is 3.16. The predicted octanol–water partition coefficient (Wildman–Crippen LogP) is 3.69. The summed E-state index contributed by atoms with van der Waals surface area (Å²) in [6.45, 7) is 0.970. The zero-order valence-electron chi connectivity index (χ0n) is 14.7. The highest BCUT2D eigenvalue weighted by Crippen LogP contribution is 2.52. The van der Waals surface area contributed by atoms with E-state index in [2.05, 4.69) is 4.98 Å². The molecule has 3 aromatic rings. The van der Waals surface area contributed by atoms with E-state index in [1.165, 1.54) is 0 Å². The van der Waals surface area contributed by atoms with Crippen LogP contribution in [0.1, 0.15) is 33.2 Å². The Hall–Kier alpha value is -2.70. The van der Waals surface area contributed by atoms with Gasteiger partial charge >= 0.3 is 0 Å². The van der Waals surface area contributed by atoms with Crippen LogP contribution in [0.25, 0.3) is 11.1 Å². The van der Waals surface area contributed by atoms with Crippen molar-refractivity contribution in [3.63, 3.8) is 0 Å². The molecule has 0 saturated carbocycles. The van der Waals surface area contributed by atoms with Crippen molar-refractivity contribution in [2.75, 3.05) is 13.7 Å². The minimum absolute atomic E-state index is 0.0876. The van der Waals surface area contributed by atoms with E-state index in [0.717, 1.165) is 23.1 Å². The molecule has 140 valence electrons. The molecule has 0 amide bonds. The number of aldehydes is 1. The quantitative estimate of drug-likeness (QED) is 0.583. The van der Waals surface area contributed by atoms with Gasteiger partial charge in [-0.2, -0.15) is 0 Å². The zero-order chi connectivity index (χ0) is 19.1. The first-order valence-electron chi connectivity index (χ1n) is 8.61. The highest BCUT2D eigenvalue weighted by molar-refractivity contribution is 6.31. The lowest BCUT2D eigenvalue weighted by Crippen LogP contribution is -2.17. The molecule has 0 spiro atoms. The molecule has 2 aromatic heterocycles. The number of hydrogen-bond acceptors (Lipinski definition) is 4. The fraction of sp³-hybridized carbons (Fsp3) is 0.250. The van der Waals surface area contributed by atoms with Gasteiger partial charge in [-0.1, -0.05) is 29.8 Å². The van der Waals surface area contributed by atoms with E-state index in [1.807, 2.05) is 22.8 Å². The van der Waals surface area contributed by atoms with Crippen LogP contribution in [-0.2, 0) is 17.7 Å². The summed E-state index contributed by atoms with van der Waals surface area (Å²) in [5.74, 6) is -0.466. The molecule has 6 nitrogen and oxygen atoms in total. The van der Waals surface area contributed by atoms with Crippen LogP contribution in [0.4, 0.5) is 0 Å². The van der Waals surface area contributed by atoms with Crippen molar-refractivity contribution >= 4 is 17.9 Å². The van der Waals surface area contributed by atoms with Gasteiger partial charge in [-0.05, 0) is 24.1 Å². The smallest absolute Gasteiger partial charge is 0.199 e. The van der Waals surface area contributed by atoms with Crippen LogP contribution in [0.3, 0.4) is 0 Å². The minimum atomic E-state index is -0.256. The first kappa shape index (κ1) is 17.7. The molecule has 1 aromatic carbocycles. The molecule has 0 bridgehead atoms. The Balaban J connectivity index is 1.96. The summed E-state index contributed by atoms with van der Waals surface area (Å²) in [6.07, 6.45) is 1.33. The number of aromatic nitrogens is 2. The van der Waals surface area contributed by atoms with Crippen LogP contribution in [0, 0.1) is 0 Å². The van der Waals surface area contributed by atoms with Crippen molar-refractivity contribution in [1.29, 1.82) is 0 Å². The molecular weight excluding hydrogens is 368 g/mol. The number of aromatic hydroxyl groups is 2. The molecule has 1 aliphatic rings. The van der Waals surface area contributed by atoms with E-state index in [-0.39, 0.29) is 17.7 Å². The van der Waals surface area contributed by atoms with Crippen molar-refractivity contribution < 1.29 is 19.7 Å². The number of hydrogen-bond donors (Lipinski definition) is 3. The second kappa shape index (κ2) is 6.79. The minimum Gasteiger partial charge on any atom is -0.494 e. The Kier molecular flexibility index (Phi) is 4.45. The number of halogens is 1. The number of nitrogens with one attached hydrogen (secondary N) is 1. The maximum Gasteiger partial charge on any atom is 0.199 e. The Labute approximate surface area is 161 Å². The van der Waals surface area contributed by atoms with Crippen LogP contribution in [-0.4, -0.2) is 39.8 Å². The lowest BCUT2D eigenvalue weighted by Gasteiger charge is -2.26. The summed E-state index contributed by atoms with van der Waals surface area (Å²) in [6, 6.07) is 9.19. The van der Waals surface area contributed by atoms with Gasteiger partial charge in [0, 0.05) is 41.4 Å². The number of aromatic amines is 1. The molecule has 2 heterocycles. The summed E-state index contributed by atoms with van der Waals surface area (Å²) in [4.78, 5) is 14.2. The molecule has 1 unspecified atom stereocenters. The second-order valence-corrected chi connectivity index (χ2v) is 6.99. The van der Waals surface area contributed by atoms with Crippen LogP contribution in [0.2, 0.25) is 5.02 Å². The van der Waals surface area contributed by atoms with Gasteiger partial charge in [0.15, 0.2) is 18.0 Å². The number of benzene rings is 1. The number of ether oxygens (including phenoxy) is 1. The lowest BCUT2D eigenvalue weighted by atomic mass is 9.79. The third-order valence-electron chi connectivity index (χ3n) is 5.17. The normalized spacial score (nSPS) is 15.4. The number of methoxy groups -OCH3 is 1. The van der Waals surface area contributed by atoms with Crippen LogP contribution >= 0.6 is 11.6 Å². The first-order valence-corrected chi connectivity index (χ1v) is 8.99. The molecule has 1 atom stereocenters. The third-order valence-corrected chi connectivity index (χ3v) is 5.52. The van der Waals surface area contributed by atoms with Crippen LogP contribution in [0.5, 0.6) is 11.8 Å². The first-order chi connectivity index (χ1) is 13.1. The molecular formula is C20H19ClN2O4. The maximum atomic E-state index is 11.6. The van der Waals surface area contributed by atoms with E-state index in [1.54, 1.807) is 19.2 Å². The van der Waals surface area contributed by atoms with Gasteiger partial charge < -0.3 is 19.5 Å². The standard InChI is InChI=1S/C20H19ClN2O4/c1-27-7-6-23-11(10-24)8-14-16(23)9-13(12-4-2-3-5-15(12)21)17-18(14)20(26)22-19(17)25/h2-5,8,10,13,22,25-26H,6-7,9H2,1H3. The van der Waals surface area contributed by atoms with Crippen molar-refractivity contribution in [3.05, 3.63) is 57.9 Å². The fourth-order valence-electron chi connectivity index (χ4n) is 4.01. The number of nitrogens with zero attached hydrogens (tertiary/aromatic N) is 1. The predicted molar refractivity (Wildman–Crippen MR) is 102 cm³/mol. The molecule has 4 rings (SSSR count). The number of H-pyrrole nitrogens is 1. The van der Waals surface area contributed by atoms with Crippen molar-refractivity contribution in [1.82, 2.24) is 9.55 Å². The van der Waals surface area contributed by atoms with Crippen LogP contribution < -0.4 is 0 Å². The van der Waals surface area contributed by atoms with Crippen molar-refractivity contribution in [3.8, 4) is 22.9 Å². The molecule has 7 heteroatoms. The van der Waals surface area contributed by atoms with E-state index < -0.39 is 0 Å². The summed E-state index contributed by atoms with van der Waals surface area (Å²) in [5.41, 5.74) is 4.10. The fourth-order valence-corrected chi connectivity index (χ4v) is 4.28. The Morgan fingerprint density at radius 1 is 1.33 bits per heavy atom. The molecule has 0 aliphatic heterocycles. The Bertz CT molecular complexity index is 1020. The summed E-state index contributed by atoms with van der Waals surface area (Å²) < 4.78 is 7.09. The monoisotopic (exact) mass is 386 g/mol. The summed E-state index contributed by atoms with van der Waals surface area (Å²) >= 11 is 6.43. The highest BCUT2D eigenvalue weighted by Gasteiger charge is 2.36. The van der Waals surface area contributed by atoms with Crippen LogP contribution in [0.15, 0.2) is 30.3 Å². The average molecular weight is 387 g/mol. The van der Waals surface area contributed by atoms with Gasteiger partial charge in [-0.15, -0.1) is 0 Å². The number of carbonyl (C=O) groups is 1. The van der Waals surface area contributed by atoms with Crippen molar-refractivity contribution in [2.24, 2.45) is 0 Å². The van der Waals surface area contributed by atoms with Gasteiger partial charge in [0.25, 0.3) is 0 Å². The third kappa shape index (κ3) is 2.72. The molecule has 0 fully saturated rings. The van der Waals surface area contributed by atoms with E-state index >= 15 is 0 Å². The molecule has 0 saturated heterocycles. The highest BCUT2D eigenvalue weighted by atomic mass is 35.5. The summed E-state index contributed by atoms with van der Waals surface area (Å²) in [5, 5.41) is 21.5. The number of fused-ring (bicyclic) bond motifs is 3. The van der Waals surface area contributed by atoms with E-state index in [0.29, 0.717) is 41.4 Å². The molecule has 27 heavy (non-hydrogen) atoms.